The molecule has 2 aliphatic rings. The van der Waals surface area contributed by atoms with E-state index < -0.39 is 0 Å². The van der Waals surface area contributed by atoms with E-state index in [4.69, 9.17) is 5.73 Å². The van der Waals surface area contributed by atoms with Crippen molar-refractivity contribution in [3.8, 4) is 0 Å². The molecule has 1 unspecified atom stereocenters. The fourth-order valence-electron chi connectivity index (χ4n) is 4.17. The van der Waals surface area contributed by atoms with Crippen LogP contribution in [0.25, 0.3) is 0 Å². The topological polar surface area (TPSA) is 63.2 Å². The van der Waals surface area contributed by atoms with Gasteiger partial charge in [-0.2, -0.15) is 0 Å². The Morgan fingerprint density at radius 2 is 1.65 bits per heavy atom. The van der Waals surface area contributed by atoms with E-state index in [1.807, 2.05) is 0 Å². The van der Waals surface area contributed by atoms with Crippen LogP contribution >= 0.6 is 24.8 Å². The fourth-order valence-corrected chi connectivity index (χ4v) is 4.17. The van der Waals surface area contributed by atoms with Crippen molar-refractivity contribution in [1.82, 2.24) is 24.6 Å². The molecule has 0 spiro atoms. The first-order valence-corrected chi connectivity index (χ1v) is 9.54. The van der Waals surface area contributed by atoms with Crippen molar-refractivity contribution in [3.05, 3.63) is 11.6 Å². The van der Waals surface area contributed by atoms with Crippen molar-refractivity contribution in [3.63, 3.8) is 0 Å². The predicted octanol–water partition coefficient (Wildman–Crippen LogP) is 2.56. The van der Waals surface area contributed by atoms with Gasteiger partial charge in [-0.25, -0.2) is 0 Å². The third kappa shape index (κ3) is 6.34. The second kappa shape index (κ2) is 10.2. The van der Waals surface area contributed by atoms with Gasteiger partial charge >= 0.3 is 0 Å². The van der Waals surface area contributed by atoms with Crippen LogP contribution in [-0.2, 0) is 13.6 Å². The number of hydrogen-bond acceptors (Lipinski definition) is 5. The lowest BCUT2D eigenvalue weighted by molar-refractivity contribution is 0.171. The summed E-state index contributed by atoms with van der Waals surface area (Å²) in [5.74, 6) is 2.75. The van der Waals surface area contributed by atoms with Gasteiger partial charge in [0, 0.05) is 31.6 Å². The van der Waals surface area contributed by atoms with E-state index >= 15 is 0 Å². The summed E-state index contributed by atoms with van der Waals surface area (Å²) in [4.78, 5) is 5.01. The third-order valence-corrected chi connectivity index (χ3v) is 5.31. The first-order valence-electron chi connectivity index (χ1n) is 9.54. The number of nitrogens with two attached hydrogens (primary N) is 1. The van der Waals surface area contributed by atoms with E-state index in [2.05, 4.69) is 45.5 Å². The molecule has 6 nitrogen and oxygen atoms in total. The van der Waals surface area contributed by atoms with Crippen LogP contribution in [0.5, 0.6) is 0 Å². The minimum absolute atomic E-state index is 0. The van der Waals surface area contributed by atoms with Gasteiger partial charge in [-0.05, 0) is 59.2 Å². The number of likely N-dealkylation sites (tertiary alicyclic amines) is 2. The van der Waals surface area contributed by atoms with Gasteiger partial charge < -0.3 is 15.2 Å². The summed E-state index contributed by atoms with van der Waals surface area (Å²) in [6, 6.07) is 0. The summed E-state index contributed by atoms with van der Waals surface area (Å²) in [6.07, 6.45) is 6.43. The van der Waals surface area contributed by atoms with E-state index in [-0.39, 0.29) is 30.4 Å². The average molecular weight is 407 g/mol. The number of rotatable bonds is 5. The van der Waals surface area contributed by atoms with Gasteiger partial charge in [0.05, 0.1) is 6.54 Å². The first kappa shape index (κ1) is 23.6. The molecule has 2 aliphatic heterocycles. The lowest BCUT2D eigenvalue weighted by atomic mass is 9.95. The second-order valence-electron chi connectivity index (χ2n) is 8.43. The second-order valence-corrected chi connectivity index (χ2v) is 8.43. The summed E-state index contributed by atoms with van der Waals surface area (Å²) in [6.45, 7) is 10.7. The van der Waals surface area contributed by atoms with Crippen molar-refractivity contribution in [2.24, 2.45) is 12.8 Å². The molecule has 0 aliphatic carbocycles. The highest BCUT2D eigenvalue weighted by Gasteiger charge is 2.28. The van der Waals surface area contributed by atoms with Crippen LogP contribution in [0.2, 0.25) is 0 Å². The maximum Gasteiger partial charge on any atom is 0.146 e. The normalized spacial score (nSPS) is 22.5. The Kier molecular flexibility index (Phi) is 9.30. The number of aromatic nitrogens is 3. The number of piperidine rings is 2. The van der Waals surface area contributed by atoms with Gasteiger partial charge in [-0.3, -0.25) is 4.90 Å². The van der Waals surface area contributed by atoms with Crippen LogP contribution in [0.4, 0.5) is 0 Å². The molecule has 2 N–H and O–H groups in total. The molecular weight excluding hydrogens is 371 g/mol. The first-order chi connectivity index (χ1) is 11.4. The largest absolute Gasteiger partial charge is 0.324 e. The van der Waals surface area contributed by atoms with Crippen LogP contribution in [-0.4, -0.2) is 62.8 Å². The molecule has 3 heterocycles. The molecule has 152 valence electrons. The molecule has 2 fully saturated rings. The maximum absolute atomic E-state index is 6.21. The van der Waals surface area contributed by atoms with Crippen LogP contribution in [0, 0.1) is 0 Å². The Hall–Kier alpha value is -0.400. The van der Waals surface area contributed by atoms with E-state index in [0.717, 1.165) is 37.8 Å². The Morgan fingerprint density at radius 1 is 1.00 bits per heavy atom. The molecule has 1 aromatic heterocycles. The molecule has 1 aromatic rings. The Balaban J connectivity index is 0.00000169. The van der Waals surface area contributed by atoms with Crippen molar-refractivity contribution in [2.75, 3.05) is 32.7 Å². The summed E-state index contributed by atoms with van der Waals surface area (Å²) >= 11 is 0. The zero-order valence-electron chi connectivity index (χ0n) is 16.5. The predicted molar refractivity (Wildman–Crippen MR) is 111 cm³/mol. The van der Waals surface area contributed by atoms with Gasteiger partial charge in [0.2, 0.25) is 0 Å². The van der Waals surface area contributed by atoms with Crippen molar-refractivity contribution in [1.29, 1.82) is 0 Å². The number of halogens is 2. The zero-order chi connectivity index (χ0) is 17.2. The molecule has 0 radical (unpaired) electrons. The molecule has 3 rings (SSSR count). The highest BCUT2D eigenvalue weighted by molar-refractivity contribution is 5.85. The monoisotopic (exact) mass is 406 g/mol. The molecule has 26 heavy (non-hydrogen) atoms. The molecule has 0 bridgehead atoms. The fraction of sp³-hybridized carbons (Fsp3) is 0.889. The summed E-state index contributed by atoms with van der Waals surface area (Å²) in [7, 11) is 2.14. The molecular formula is C18H36Cl2N6. The zero-order valence-corrected chi connectivity index (χ0v) is 18.1. The lowest BCUT2D eigenvalue weighted by Crippen LogP contribution is -2.48. The number of nitrogens with zero attached hydrogens (tertiary/aromatic N) is 5. The van der Waals surface area contributed by atoms with Crippen molar-refractivity contribution >= 4 is 24.8 Å². The molecule has 2 saturated heterocycles. The molecule has 0 saturated carbocycles. The van der Waals surface area contributed by atoms with Crippen LogP contribution in [0.1, 0.15) is 63.5 Å². The Labute approximate surface area is 170 Å². The van der Waals surface area contributed by atoms with E-state index in [1.54, 1.807) is 0 Å². The van der Waals surface area contributed by atoms with Gasteiger partial charge in [-0.1, -0.05) is 6.42 Å². The quantitative estimate of drug-likeness (QED) is 0.813. The highest BCUT2D eigenvalue weighted by Crippen LogP contribution is 2.26. The molecule has 1 atom stereocenters. The Bertz CT molecular complexity index is 536. The van der Waals surface area contributed by atoms with Gasteiger partial charge in [0.25, 0.3) is 0 Å². The minimum Gasteiger partial charge on any atom is -0.324 e. The molecule has 0 aromatic carbocycles. The van der Waals surface area contributed by atoms with E-state index in [0.29, 0.717) is 5.92 Å². The van der Waals surface area contributed by atoms with Crippen molar-refractivity contribution in [2.45, 2.75) is 64.0 Å². The third-order valence-electron chi connectivity index (χ3n) is 5.31. The minimum atomic E-state index is -0.138. The van der Waals surface area contributed by atoms with Crippen LogP contribution < -0.4 is 5.73 Å². The van der Waals surface area contributed by atoms with E-state index in [1.165, 1.54) is 45.2 Å². The summed E-state index contributed by atoms with van der Waals surface area (Å²) in [5.41, 5.74) is 6.07. The van der Waals surface area contributed by atoms with Gasteiger partial charge in [0.1, 0.15) is 11.6 Å². The Morgan fingerprint density at radius 3 is 2.31 bits per heavy atom. The van der Waals surface area contributed by atoms with E-state index in [9.17, 15) is 0 Å². The highest BCUT2D eigenvalue weighted by atomic mass is 35.5. The summed E-state index contributed by atoms with van der Waals surface area (Å²) in [5, 5.41) is 9.08. The smallest absolute Gasteiger partial charge is 0.146 e. The maximum atomic E-state index is 6.21. The van der Waals surface area contributed by atoms with Gasteiger partial charge in [-0.15, -0.1) is 35.0 Å². The van der Waals surface area contributed by atoms with Crippen molar-refractivity contribution < 1.29 is 0 Å². The van der Waals surface area contributed by atoms with Crippen LogP contribution in [0.15, 0.2) is 0 Å². The number of hydrogen-bond donors (Lipinski definition) is 1. The molecule has 0 amide bonds. The standard InChI is InChI=1S/C18H34N6.2ClH/c1-18(2,19)14-24-11-7-8-15(12-24)17-21-20-16(22(17)3)13-23-9-5-4-6-10-23;;/h15H,4-14,19H2,1-3H3;2*1H. The lowest BCUT2D eigenvalue weighted by Gasteiger charge is -2.36. The van der Waals surface area contributed by atoms with Crippen LogP contribution in [0.3, 0.4) is 0 Å². The SMILES string of the molecule is Cl.Cl.Cn1c(CN2CCCCC2)nnc1C1CCCN(CC(C)(C)N)C1. The summed E-state index contributed by atoms with van der Waals surface area (Å²) < 4.78 is 2.25. The van der Waals surface area contributed by atoms with Gasteiger partial charge in [0.15, 0.2) is 0 Å². The molecule has 8 heteroatoms. The average Bonchev–Trinajstić information content (AvgIpc) is 2.88.